The summed E-state index contributed by atoms with van der Waals surface area (Å²) < 4.78 is 39.7. The van der Waals surface area contributed by atoms with E-state index < -0.39 is 15.7 Å². The van der Waals surface area contributed by atoms with Crippen LogP contribution in [0.5, 0.6) is 11.5 Å². The summed E-state index contributed by atoms with van der Waals surface area (Å²) in [4.78, 5) is 12.2. The number of hydrogen-bond acceptors (Lipinski definition) is 8. The van der Waals surface area contributed by atoms with Gasteiger partial charge in [0.05, 0.1) is 24.7 Å². The predicted molar refractivity (Wildman–Crippen MR) is 110 cm³/mol. The summed E-state index contributed by atoms with van der Waals surface area (Å²) in [5, 5.41) is 10.0. The van der Waals surface area contributed by atoms with Crippen molar-refractivity contribution in [2.24, 2.45) is 0 Å². The Hall–Kier alpha value is -3.66. The first kappa shape index (κ1) is 21.1. The largest absolute Gasteiger partial charge is 0.493 e. The third kappa shape index (κ3) is 4.84. The Balaban J connectivity index is 1.74. The molecule has 0 aliphatic rings. The number of aromatic nitrogens is 2. The third-order valence-electron chi connectivity index (χ3n) is 4.01. The lowest BCUT2D eigenvalue weighted by Crippen LogP contribution is -2.07. The smallest absolute Gasteiger partial charge is 0.322 e. The number of ether oxygens (including phenoxy) is 2. The van der Waals surface area contributed by atoms with Crippen LogP contribution < -0.4 is 14.8 Å². The fourth-order valence-corrected chi connectivity index (χ4v) is 3.51. The molecule has 3 rings (SSSR count). The zero-order valence-electron chi connectivity index (χ0n) is 16.4. The van der Waals surface area contributed by atoms with Gasteiger partial charge in [-0.25, -0.2) is 8.42 Å². The molecule has 3 aromatic rings. The number of benzene rings is 2. The first-order valence-corrected chi connectivity index (χ1v) is 10.5. The number of carbonyl (C=O) groups is 1. The van der Waals surface area contributed by atoms with Crippen molar-refractivity contribution in [2.45, 2.75) is 4.90 Å². The zero-order valence-corrected chi connectivity index (χ0v) is 17.3. The van der Waals surface area contributed by atoms with Crippen molar-refractivity contribution in [3.05, 3.63) is 54.1 Å². The Morgan fingerprint density at radius 1 is 1.07 bits per heavy atom. The summed E-state index contributed by atoms with van der Waals surface area (Å²) in [6.07, 6.45) is 3.95. The minimum absolute atomic E-state index is 0.0183. The van der Waals surface area contributed by atoms with Gasteiger partial charge in [0.15, 0.2) is 21.3 Å². The monoisotopic (exact) mass is 429 g/mol. The Bertz CT molecular complexity index is 1200. The van der Waals surface area contributed by atoms with E-state index in [0.29, 0.717) is 11.5 Å². The fraction of sp³-hybridized carbons (Fsp3) is 0.150. The van der Waals surface area contributed by atoms with Gasteiger partial charge < -0.3 is 13.9 Å². The van der Waals surface area contributed by atoms with E-state index in [1.54, 1.807) is 42.5 Å². The average molecular weight is 429 g/mol. The van der Waals surface area contributed by atoms with Gasteiger partial charge in [0.25, 0.3) is 11.8 Å². The first-order chi connectivity index (χ1) is 14.3. The number of methoxy groups -OCH3 is 2. The van der Waals surface area contributed by atoms with Crippen molar-refractivity contribution in [1.82, 2.24) is 10.2 Å². The maximum atomic E-state index is 12.2. The molecule has 1 aromatic heterocycles. The highest BCUT2D eigenvalue weighted by Crippen LogP contribution is 2.28. The lowest BCUT2D eigenvalue weighted by atomic mass is 10.2. The van der Waals surface area contributed by atoms with Crippen LogP contribution in [0.1, 0.15) is 5.56 Å². The van der Waals surface area contributed by atoms with E-state index in [1.165, 1.54) is 26.4 Å². The number of nitrogens with one attached hydrogen (secondary N) is 1. The highest BCUT2D eigenvalue weighted by atomic mass is 32.2. The van der Waals surface area contributed by atoms with Crippen molar-refractivity contribution < 1.29 is 27.1 Å². The highest BCUT2D eigenvalue weighted by Gasteiger charge is 2.19. The number of amides is 1. The molecule has 156 valence electrons. The Morgan fingerprint density at radius 2 is 1.80 bits per heavy atom. The molecule has 0 unspecified atom stereocenters. The van der Waals surface area contributed by atoms with Crippen molar-refractivity contribution in [3.63, 3.8) is 0 Å². The van der Waals surface area contributed by atoms with E-state index >= 15 is 0 Å². The molecule has 0 aliphatic heterocycles. The number of sulfone groups is 1. The molecule has 0 saturated heterocycles. The molecular formula is C20H19N3O6S. The van der Waals surface area contributed by atoms with Crippen LogP contribution >= 0.6 is 0 Å². The van der Waals surface area contributed by atoms with Crippen molar-refractivity contribution in [2.75, 3.05) is 25.8 Å². The minimum atomic E-state index is -3.49. The number of carbonyl (C=O) groups excluding carboxylic acids is 1. The normalized spacial score (nSPS) is 11.4. The Morgan fingerprint density at radius 3 is 2.50 bits per heavy atom. The fourth-order valence-electron chi connectivity index (χ4n) is 2.62. The zero-order chi connectivity index (χ0) is 21.7. The number of anilines is 1. The Labute approximate surface area is 173 Å². The highest BCUT2D eigenvalue weighted by molar-refractivity contribution is 7.90. The molecule has 0 fully saturated rings. The predicted octanol–water partition coefficient (Wildman–Crippen LogP) is 2.81. The molecule has 0 aliphatic carbocycles. The number of nitrogens with zero attached hydrogens (tertiary/aromatic N) is 2. The van der Waals surface area contributed by atoms with Crippen molar-refractivity contribution in [1.29, 1.82) is 0 Å². The van der Waals surface area contributed by atoms with Gasteiger partial charge in [-0.1, -0.05) is 23.3 Å². The van der Waals surface area contributed by atoms with Crippen LogP contribution in [0.25, 0.3) is 17.5 Å². The summed E-state index contributed by atoms with van der Waals surface area (Å²) in [6.45, 7) is 0. The van der Waals surface area contributed by atoms with Gasteiger partial charge in [-0.05, 0) is 35.9 Å². The molecular weight excluding hydrogens is 410 g/mol. The number of rotatable bonds is 7. The molecule has 1 N–H and O–H groups in total. The molecule has 1 amide bonds. The molecule has 0 atom stereocenters. The van der Waals surface area contributed by atoms with E-state index in [9.17, 15) is 13.2 Å². The molecule has 0 bridgehead atoms. The molecule has 0 spiro atoms. The van der Waals surface area contributed by atoms with Crippen LogP contribution in [0, 0.1) is 0 Å². The second-order valence-corrected chi connectivity index (χ2v) is 8.10. The van der Waals surface area contributed by atoms with Crippen molar-refractivity contribution >= 4 is 27.8 Å². The van der Waals surface area contributed by atoms with E-state index in [1.807, 2.05) is 0 Å². The van der Waals surface area contributed by atoms with Gasteiger partial charge in [-0.15, -0.1) is 5.10 Å². The summed E-state index contributed by atoms with van der Waals surface area (Å²) >= 11 is 0. The summed E-state index contributed by atoms with van der Waals surface area (Å²) in [5.41, 5.74) is 0.977. The second-order valence-electron chi connectivity index (χ2n) is 6.12. The van der Waals surface area contributed by atoms with Gasteiger partial charge >= 0.3 is 6.01 Å². The van der Waals surface area contributed by atoms with Gasteiger partial charge in [0.2, 0.25) is 0 Å². The summed E-state index contributed by atoms with van der Waals surface area (Å²) in [5.74, 6) is 0.588. The first-order valence-electron chi connectivity index (χ1n) is 8.66. The molecule has 0 radical (unpaired) electrons. The summed E-state index contributed by atoms with van der Waals surface area (Å²) in [6, 6.07) is 11.3. The summed E-state index contributed by atoms with van der Waals surface area (Å²) in [7, 11) is -0.435. The van der Waals surface area contributed by atoms with Gasteiger partial charge in [-0.3, -0.25) is 10.1 Å². The maximum absolute atomic E-state index is 12.2. The average Bonchev–Trinajstić information content (AvgIpc) is 3.19. The molecule has 30 heavy (non-hydrogen) atoms. The molecule has 10 heteroatoms. The minimum Gasteiger partial charge on any atom is -0.493 e. The van der Waals surface area contributed by atoms with Crippen molar-refractivity contribution in [3.8, 4) is 23.0 Å². The third-order valence-corrected chi connectivity index (χ3v) is 5.16. The van der Waals surface area contributed by atoms with Gasteiger partial charge in [0, 0.05) is 12.3 Å². The molecule has 9 nitrogen and oxygen atoms in total. The molecule has 0 saturated carbocycles. The Kier molecular flexibility index (Phi) is 6.17. The van der Waals surface area contributed by atoms with Gasteiger partial charge in [-0.2, -0.15) is 0 Å². The second kappa shape index (κ2) is 8.78. The van der Waals surface area contributed by atoms with E-state index in [2.05, 4.69) is 15.5 Å². The SMILES string of the molecule is COc1ccc(/C=C/C(=O)Nc2nnc(-c3ccccc3S(C)(=O)=O)o2)cc1OC. The topological polar surface area (TPSA) is 121 Å². The van der Waals surface area contributed by atoms with E-state index in [0.717, 1.165) is 11.8 Å². The lowest BCUT2D eigenvalue weighted by Gasteiger charge is -2.07. The van der Waals surface area contributed by atoms with E-state index in [4.69, 9.17) is 13.9 Å². The standard InChI is InChI=1S/C20H19N3O6S/c1-27-15-10-8-13(12-16(15)28-2)9-11-18(24)21-20-23-22-19(29-20)14-6-4-5-7-17(14)30(3,25)26/h4-12H,1-3H3,(H,21,23,24)/b11-9+. The van der Waals surface area contributed by atoms with Gasteiger partial charge in [0.1, 0.15) is 0 Å². The van der Waals surface area contributed by atoms with Crippen LogP contribution in [0.3, 0.4) is 0 Å². The molecule has 2 aromatic carbocycles. The van der Waals surface area contributed by atoms with Crippen LogP contribution in [0.2, 0.25) is 0 Å². The molecule has 1 heterocycles. The van der Waals surface area contributed by atoms with Crippen LogP contribution in [0.15, 0.2) is 57.9 Å². The van der Waals surface area contributed by atoms with E-state index in [-0.39, 0.29) is 22.4 Å². The number of hydrogen-bond donors (Lipinski definition) is 1. The van der Waals surface area contributed by atoms with Crippen LogP contribution in [-0.4, -0.2) is 45.0 Å². The maximum Gasteiger partial charge on any atom is 0.322 e. The van der Waals surface area contributed by atoms with Crippen LogP contribution in [-0.2, 0) is 14.6 Å². The quantitative estimate of drug-likeness (QED) is 0.569. The lowest BCUT2D eigenvalue weighted by molar-refractivity contribution is -0.112. The van der Waals surface area contributed by atoms with Crippen LogP contribution in [0.4, 0.5) is 6.01 Å².